The van der Waals surface area contributed by atoms with E-state index in [2.05, 4.69) is 0 Å². The summed E-state index contributed by atoms with van der Waals surface area (Å²) in [7, 11) is 3.34. The van der Waals surface area contributed by atoms with E-state index in [1.54, 1.807) is 30.0 Å². The molecule has 2 atom stereocenters. The van der Waals surface area contributed by atoms with E-state index in [9.17, 15) is 9.59 Å². The third-order valence-electron chi connectivity index (χ3n) is 4.32. The fourth-order valence-corrected chi connectivity index (χ4v) is 3.35. The molecule has 1 saturated heterocycles. The number of hydrogen-bond donors (Lipinski definition) is 0. The van der Waals surface area contributed by atoms with E-state index in [1.807, 2.05) is 25.1 Å². The first-order chi connectivity index (χ1) is 11.0. The summed E-state index contributed by atoms with van der Waals surface area (Å²) < 4.78 is 5.03. The van der Waals surface area contributed by atoms with Crippen molar-refractivity contribution >= 4 is 23.4 Å². The minimum atomic E-state index is -0.413. The van der Waals surface area contributed by atoms with E-state index >= 15 is 0 Å². The van der Waals surface area contributed by atoms with Gasteiger partial charge in [-0.15, -0.1) is 0 Å². The number of hydrogen-bond acceptors (Lipinski definition) is 3. The van der Waals surface area contributed by atoms with Gasteiger partial charge in [0.05, 0.1) is 18.6 Å². The van der Waals surface area contributed by atoms with Gasteiger partial charge in [0.15, 0.2) is 0 Å². The normalized spacial score (nSPS) is 20.9. The SMILES string of the molecule is CCN1C(=O)C[C@@H](C(=O)N(C)CCOC)[C@@H]1c1ccccc1Cl. The zero-order valence-electron chi connectivity index (χ0n) is 13.8. The minimum Gasteiger partial charge on any atom is -0.383 e. The lowest BCUT2D eigenvalue weighted by molar-refractivity contribution is -0.135. The van der Waals surface area contributed by atoms with Crippen LogP contribution in [0.15, 0.2) is 24.3 Å². The average molecular weight is 339 g/mol. The van der Waals surface area contributed by atoms with Crippen LogP contribution in [0.1, 0.15) is 24.9 Å². The Morgan fingerprint density at radius 3 is 2.74 bits per heavy atom. The maximum absolute atomic E-state index is 12.8. The van der Waals surface area contributed by atoms with Crippen molar-refractivity contribution in [3.05, 3.63) is 34.9 Å². The van der Waals surface area contributed by atoms with Crippen LogP contribution in [0.4, 0.5) is 0 Å². The molecule has 23 heavy (non-hydrogen) atoms. The summed E-state index contributed by atoms with van der Waals surface area (Å²) in [6, 6.07) is 7.11. The standard InChI is InChI=1S/C17H23ClN2O3/c1-4-20-15(21)11-13(17(22)19(2)9-10-23-3)16(20)12-7-5-6-8-14(12)18/h5-8,13,16H,4,9-11H2,1-3H3/t13-,16+/m1/s1. The first kappa shape index (κ1) is 17.8. The van der Waals surface area contributed by atoms with Gasteiger partial charge in [-0.05, 0) is 18.6 Å². The van der Waals surface area contributed by atoms with Gasteiger partial charge in [0.2, 0.25) is 11.8 Å². The number of rotatable bonds is 6. The Morgan fingerprint density at radius 1 is 1.43 bits per heavy atom. The number of amides is 2. The van der Waals surface area contributed by atoms with Gasteiger partial charge in [0.25, 0.3) is 0 Å². The lowest BCUT2D eigenvalue weighted by Gasteiger charge is -2.30. The number of carbonyl (C=O) groups excluding carboxylic acids is 2. The molecule has 6 heteroatoms. The zero-order chi connectivity index (χ0) is 17.0. The van der Waals surface area contributed by atoms with E-state index in [4.69, 9.17) is 16.3 Å². The topological polar surface area (TPSA) is 49.9 Å². The van der Waals surface area contributed by atoms with E-state index in [0.717, 1.165) is 5.56 Å². The highest BCUT2D eigenvalue weighted by Crippen LogP contribution is 2.41. The highest BCUT2D eigenvalue weighted by molar-refractivity contribution is 6.31. The molecule has 0 bridgehead atoms. The van der Waals surface area contributed by atoms with Gasteiger partial charge in [0, 0.05) is 38.7 Å². The molecule has 0 spiro atoms. The van der Waals surface area contributed by atoms with E-state index in [-0.39, 0.29) is 24.3 Å². The third-order valence-corrected chi connectivity index (χ3v) is 4.66. The van der Waals surface area contributed by atoms with Crippen LogP contribution in [-0.4, -0.2) is 55.5 Å². The van der Waals surface area contributed by atoms with Crippen LogP contribution in [0.2, 0.25) is 5.02 Å². The van der Waals surface area contributed by atoms with Crippen molar-refractivity contribution in [2.45, 2.75) is 19.4 Å². The molecule has 0 aromatic heterocycles. The average Bonchev–Trinajstić information content (AvgIpc) is 2.88. The molecule has 0 radical (unpaired) electrons. The van der Waals surface area contributed by atoms with E-state index < -0.39 is 5.92 Å². The predicted molar refractivity (Wildman–Crippen MR) is 89.2 cm³/mol. The number of likely N-dealkylation sites (tertiary alicyclic amines) is 1. The third kappa shape index (κ3) is 3.67. The number of methoxy groups -OCH3 is 1. The molecular weight excluding hydrogens is 316 g/mol. The van der Waals surface area contributed by atoms with Crippen molar-refractivity contribution in [1.29, 1.82) is 0 Å². The lowest BCUT2D eigenvalue weighted by Crippen LogP contribution is -2.38. The van der Waals surface area contributed by atoms with E-state index in [1.165, 1.54) is 0 Å². The van der Waals surface area contributed by atoms with Crippen molar-refractivity contribution in [3.63, 3.8) is 0 Å². The first-order valence-electron chi connectivity index (χ1n) is 7.79. The van der Waals surface area contributed by atoms with Gasteiger partial charge < -0.3 is 14.5 Å². The molecule has 1 aromatic carbocycles. The minimum absolute atomic E-state index is 0.00379. The molecular formula is C17H23ClN2O3. The second-order valence-electron chi connectivity index (χ2n) is 5.71. The van der Waals surface area contributed by atoms with Crippen LogP contribution >= 0.6 is 11.6 Å². The van der Waals surface area contributed by atoms with Crippen LogP contribution in [0.25, 0.3) is 0 Å². The molecule has 0 unspecified atom stereocenters. The highest BCUT2D eigenvalue weighted by atomic mass is 35.5. The molecule has 0 N–H and O–H groups in total. The second kappa shape index (κ2) is 7.79. The van der Waals surface area contributed by atoms with Crippen LogP contribution < -0.4 is 0 Å². The maximum atomic E-state index is 12.8. The number of carbonyl (C=O) groups is 2. The van der Waals surface area contributed by atoms with Crippen LogP contribution in [0, 0.1) is 5.92 Å². The molecule has 1 heterocycles. The van der Waals surface area contributed by atoms with Crippen molar-refractivity contribution in [2.75, 3.05) is 33.9 Å². The van der Waals surface area contributed by atoms with Crippen molar-refractivity contribution in [3.8, 4) is 0 Å². The number of halogens is 1. The summed E-state index contributed by atoms with van der Waals surface area (Å²) in [5.41, 5.74) is 0.834. The van der Waals surface area contributed by atoms with Crippen molar-refractivity contribution < 1.29 is 14.3 Å². The van der Waals surface area contributed by atoms with Gasteiger partial charge in [-0.2, -0.15) is 0 Å². The number of likely N-dealkylation sites (N-methyl/N-ethyl adjacent to an activating group) is 1. The largest absolute Gasteiger partial charge is 0.383 e. The molecule has 0 saturated carbocycles. The molecule has 1 aliphatic heterocycles. The Balaban J connectivity index is 2.32. The van der Waals surface area contributed by atoms with Gasteiger partial charge in [0.1, 0.15) is 0 Å². The molecule has 5 nitrogen and oxygen atoms in total. The van der Waals surface area contributed by atoms with Gasteiger partial charge in [-0.3, -0.25) is 9.59 Å². The van der Waals surface area contributed by atoms with Crippen molar-refractivity contribution in [2.24, 2.45) is 5.92 Å². The van der Waals surface area contributed by atoms with Crippen LogP contribution in [0.3, 0.4) is 0 Å². The van der Waals surface area contributed by atoms with Gasteiger partial charge >= 0.3 is 0 Å². The Hall–Kier alpha value is -1.59. The molecule has 1 fully saturated rings. The van der Waals surface area contributed by atoms with Crippen LogP contribution in [-0.2, 0) is 14.3 Å². The molecule has 1 aromatic rings. The highest BCUT2D eigenvalue weighted by Gasteiger charge is 2.45. The van der Waals surface area contributed by atoms with Crippen LogP contribution in [0.5, 0.6) is 0 Å². The summed E-state index contributed by atoms with van der Waals surface area (Å²) in [5, 5.41) is 0.586. The maximum Gasteiger partial charge on any atom is 0.228 e. The Bertz CT molecular complexity index is 579. The summed E-state index contributed by atoms with van der Waals surface area (Å²) in [4.78, 5) is 28.5. The zero-order valence-corrected chi connectivity index (χ0v) is 14.5. The Labute approximate surface area is 142 Å². The molecule has 0 aliphatic carbocycles. The lowest BCUT2D eigenvalue weighted by atomic mass is 9.92. The Morgan fingerprint density at radius 2 is 2.13 bits per heavy atom. The Kier molecular flexibility index (Phi) is 6.02. The first-order valence-corrected chi connectivity index (χ1v) is 8.16. The molecule has 126 valence electrons. The number of nitrogens with zero attached hydrogens (tertiary/aromatic N) is 2. The summed E-state index contributed by atoms with van der Waals surface area (Å²) in [6.45, 7) is 3.45. The quantitative estimate of drug-likeness (QED) is 0.800. The number of ether oxygens (including phenoxy) is 1. The smallest absolute Gasteiger partial charge is 0.228 e. The molecule has 2 rings (SSSR count). The fraction of sp³-hybridized carbons (Fsp3) is 0.529. The van der Waals surface area contributed by atoms with Gasteiger partial charge in [-0.25, -0.2) is 0 Å². The second-order valence-corrected chi connectivity index (χ2v) is 6.12. The van der Waals surface area contributed by atoms with Crippen molar-refractivity contribution in [1.82, 2.24) is 9.80 Å². The monoisotopic (exact) mass is 338 g/mol. The van der Waals surface area contributed by atoms with Gasteiger partial charge in [-0.1, -0.05) is 29.8 Å². The summed E-state index contributed by atoms with van der Waals surface area (Å²) >= 11 is 6.32. The summed E-state index contributed by atoms with van der Waals surface area (Å²) in [6.07, 6.45) is 0.222. The number of benzene rings is 1. The fourth-order valence-electron chi connectivity index (χ4n) is 3.11. The molecule has 2 amide bonds. The predicted octanol–water partition coefficient (Wildman–Crippen LogP) is 2.35. The van der Waals surface area contributed by atoms with E-state index in [0.29, 0.717) is 24.7 Å². The summed E-state index contributed by atoms with van der Waals surface area (Å²) in [5.74, 6) is -0.462. The molecule has 1 aliphatic rings.